The second kappa shape index (κ2) is 17.9. The molecule has 44 heavy (non-hydrogen) atoms. The third kappa shape index (κ3) is 10.3. The van der Waals surface area contributed by atoms with Crippen molar-refractivity contribution >= 4 is 23.3 Å². The summed E-state index contributed by atoms with van der Waals surface area (Å²) in [6, 6.07) is 15.3. The highest BCUT2D eigenvalue weighted by molar-refractivity contribution is 6.07. The summed E-state index contributed by atoms with van der Waals surface area (Å²) in [7, 11) is 1.26. The topological polar surface area (TPSA) is 150 Å². The second-order valence-corrected chi connectivity index (χ2v) is 10.8. The Kier molecular flexibility index (Phi) is 14.0. The number of aliphatic hydroxyl groups is 1. The highest BCUT2D eigenvalue weighted by Crippen LogP contribution is 2.41. The van der Waals surface area contributed by atoms with Gasteiger partial charge in [-0.1, -0.05) is 56.0 Å². The highest BCUT2D eigenvalue weighted by Gasteiger charge is 2.42. The van der Waals surface area contributed by atoms with Crippen LogP contribution in [0.5, 0.6) is 5.75 Å². The molecule has 3 unspecified atom stereocenters. The lowest BCUT2D eigenvalue weighted by Gasteiger charge is -2.31. The summed E-state index contributed by atoms with van der Waals surface area (Å²) in [6.45, 7) is 5.10. The first-order valence-electron chi connectivity index (χ1n) is 15.0. The quantitative estimate of drug-likeness (QED) is 0.101. The van der Waals surface area contributed by atoms with Gasteiger partial charge in [0.1, 0.15) is 24.4 Å². The van der Waals surface area contributed by atoms with Gasteiger partial charge in [0.15, 0.2) is 0 Å². The number of nitrogens with zero attached hydrogens (tertiary/aromatic N) is 2. The van der Waals surface area contributed by atoms with E-state index >= 15 is 0 Å². The van der Waals surface area contributed by atoms with Crippen LogP contribution in [0.15, 0.2) is 70.9 Å². The Morgan fingerprint density at radius 1 is 1.02 bits per heavy atom. The van der Waals surface area contributed by atoms with Gasteiger partial charge < -0.3 is 24.6 Å². The number of hydrogen-bond acceptors (Lipinski definition) is 10. The molecule has 2 N–H and O–H groups in total. The van der Waals surface area contributed by atoms with Crippen LogP contribution in [0.4, 0.5) is 5.69 Å². The molecular weight excluding hydrogens is 566 g/mol. The SMILES string of the molecule is COC(=O)C1C(C)=NC(C)=C(C(=O)OCCCCCCCCNCC(O)COc2ccccc2)C1c1cccc([N+](=O)[O-])c1. The van der Waals surface area contributed by atoms with Gasteiger partial charge in [0.05, 0.1) is 24.2 Å². The first-order valence-corrected chi connectivity index (χ1v) is 15.0. The molecule has 0 saturated carbocycles. The number of nitro benzene ring substituents is 1. The molecule has 0 radical (unpaired) electrons. The lowest BCUT2D eigenvalue weighted by atomic mass is 9.75. The van der Waals surface area contributed by atoms with Crippen LogP contribution in [0.3, 0.4) is 0 Å². The maximum absolute atomic E-state index is 13.3. The summed E-state index contributed by atoms with van der Waals surface area (Å²) in [6.07, 6.45) is 5.09. The van der Waals surface area contributed by atoms with Crippen LogP contribution in [0.1, 0.15) is 63.9 Å². The van der Waals surface area contributed by atoms with Crippen molar-refractivity contribution in [3.8, 4) is 5.75 Å². The standard InChI is InChI=1S/C33H43N3O8/c1-23-29(32(38)42-3)31(25-14-13-15-26(20-25)36(40)41)30(24(2)35-23)33(39)43-19-12-7-5-4-6-11-18-34-21-27(37)22-44-28-16-9-8-10-17-28/h8-10,13-17,20,27,29,31,34,37H,4-7,11-12,18-19,21-22H2,1-3H3. The molecule has 0 aromatic heterocycles. The minimum absolute atomic E-state index is 0.140. The summed E-state index contributed by atoms with van der Waals surface area (Å²) >= 11 is 0. The van der Waals surface area contributed by atoms with Crippen molar-refractivity contribution in [3.05, 3.63) is 81.5 Å². The average Bonchev–Trinajstić information content (AvgIpc) is 3.02. The van der Waals surface area contributed by atoms with Crippen molar-refractivity contribution in [2.24, 2.45) is 10.9 Å². The molecule has 0 saturated heterocycles. The predicted molar refractivity (Wildman–Crippen MR) is 167 cm³/mol. The minimum atomic E-state index is -0.909. The predicted octanol–water partition coefficient (Wildman–Crippen LogP) is 5.13. The first-order chi connectivity index (χ1) is 21.2. The van der Waals surface area contributed by atoms with Crippen LogP contribution in [-0.4, -0.2) is 67.2 Å². The number of rotatable bonds is 18. The van der Waals surface area contributed by atoms with E-state index in [1.807, 2.05) is 30.3 Å². The van der Waals surface area contributed by atoms with E-state index in [-0.39, 0.29) is 24.5 Å². The number of aliphatic imine (C=N–C) groups is 1. The van der Waals surface area contributed by atoms with Crippen molar-refractivity contribution in [1.82, 2.24) is 5.32 Å². The van der Waals surface area contributed by atoms with Crippen molar-refractivity contribution < 1.29 is 33.8 Å². The van der Waals surface area contributed by atoms with Crippen molar-refractivity contribution in [2.45, 2.75) is 64.4 Å². The maximum Gasteiger partial charge on any atom is 0.336 e. The zero-order chi connectivity index (χ0) is 31.9. The van der Waals surface area contributed by atoms with Crippen LogP contribution in [0, 0.1) is 16.0 Å². The van der Waals surface area contributed by atoms with Crippen molar-refractivity contribution in [1.29, 1.82) is 0 Å². The molecule has 1 aliphatic heterocycles. The molecule has 0 fully saturated rings. The Morgan fingerprint density at radius 2 is 1.73 bits per heavy atom. The third-order valence-electron chi connectivity index (χ3n) is 7.49. The van der Waals surface area contributed by atoms with Gasteiger partial charge in [-0.05, 0) is 50.9 Å². The molecule has 0 bridgehead atoms. The molecule has 0 spiro atoms. The second-order valence-electron chi connectivity index (χ2n) is 10.8. The van der Waals surface area contributed by atoms with E-state index in [0.29, 0.717) is 29.9 Å². The van der Waals surface area contributed by atoms with Gasteiger partial charge in [0.2, 0.25) is 0 Å². The van der Waals surface area contributed by atoms with Gasteiger partial charge in [0, 0.05) is 36.0 Å². The number of ether oxygens (including phenoxy) is 3. The maximum atomic E-state index is 13.3. The Labute approximate surface area is 258 Å². The zero-order valence-corrected chi connectivity index (χ0v) is 25.7. The molecule has 1 aliphatic rings. The number of unbranched alkanes of at least 4 members (excludes halogenated alkanes) is 5. The Balaban J connectivity index is 1.40. The smallest absolute Gasteiger partial charge is 0.336 e. The number of hydrogen-bond donors (Lipinski definition) is 2. The average molecular weight is 610 g/mol. The number of allylic oxidation sites excluding steroid dienone is 1. The molecule has 1 heterocycles. The normalized spacial score (nSPS) is 17.0. The summed E-state index contributed by atoms with van der Waals surface area (Å²) in [5, 5.41) is 24.7. The van der Waals surface area contributed by atoms with Gasteiger partial charge >= 0.3 is 11.9 Å². The third-order valence-corrected chi connectivity index (χ3v) is 7.49. The summed E-state index contributed by atoms with van der Waals surface area (Å²) in [5.74, 6) is -2.16. The van der Waals surface area contributed by atoms with Crippen LogP contribution >= 0.6 is 0 Å². The highest BCUT2D eigenvalue weighted by atomic mass is 16.6. The number of nitrogens with one attached hydrogen (secondary N) is 1. The number of non-ortho nitro benzene ring substituents is 1. The van der Waals surface area contributed by atoms with Gasteiger partial charge in [-0.15, -0.1) is 0 Å². The molecule has 11 heteroatoms. The number of para-hydroxylation sites is 1. The van der Waals surface area contributed by atoms with Crippen LogP contribution in [0.2, 0.25) is 0 Å². The minimum Gasteiger partial charge on any atom is -0.491 e. The van der Waals surface area contributed by atoms with Crippen LogP contribution in [0.25, 0.3) is 0 Å². The number of aliphatic hydroxyl groups excluding tert-OH is 1. The Bertz CT molecular complexity index is 1310. The molecule has 3 rings (SSSR count). The fraction of sp³-hybridized carbons (Fsp3) is 0.485. The van der Waals surface area contributed by atoms with Crippen molar-refractivity contribution in [3.63, 3.8) is 0 Å². The fourth-order valence-electron chi connectivity index (χ4n) is 5.26. The van der Waals surface area contributed by atoms with Crippen molar-refractivity contribution in [2.75, 3.05) is 33.4 Å². The molecule has 2 aromatic carbocycles. The van der Waals surface area contributed by atoms with E-state index in [1.165, 1.54) is 25.3 Å². The lowest BCUT2D eigenvalue weighted by Crippen LogP contribution is -2.36. The first kappa shape index (κ1) is 34.4. The van der Waals surface area contributed by atoms with Gasteiger partial charge in [-0.3, -0.25) is 19.9 Å². The van der Waals surface area contributed by atoms with E-state index < -0.39 is 34.8 Å². The zero-order valence-electron chi connectivity index (χ0n) is 25.7. The Hall–Kier alpha value is -4.09. The van der Waals surface area contributed by atoms with Gasteiger partial charge in [-0.2, -0.15) is 0 Å². The van der Waals surface area contributed by atoms with E-state index in [4.69, 9.17) is 14.2 Å². The number of benzene rings is 2. The number of esters is 2. The van der Waals surface area contributed by atoms with E-state index in [0.717, 1.165) is 44.4 Å². The number of nitro groups is 1. The van der Waals surface area contributed by atoms with Gasteiger partial charge in [0.25, 0.3) is 5.69 Å². The fourth-order valence-corrected chi connectivity index (χ4v) is 5.26. The molecule has 0 amide bonds. The molecule has 0 aliphatic carbocycles. The number of methoxy groups -OCH3 is 1. The summed E-state index contributed by atoms with van der Waals surface area (Å²) in [5.41, 5.74) is 1.38. The van der Waals surface area contributed by atoms with E-state index in [1.54, 1.807) is 19.9 Å². The van der Waals surface area contributed by atoms with E-state index in [9.17, 15) is 24.8 Å². The molecular formula is C33H43N3O8. The molecule has 11 nitrogen and oxygen atoms in total. The molecule has 3 atom stereocenters. The Morgan fingerprint density at radius 3 is 2.43 bits per heavy atom. The van der Waals surface area contributed by atoms with E-state index in [2.05, 4.69) is 10.3 Å². The summed E-state index contributed by atoms with van der Waals surface area (Å²) < 4.78 is 16.2. The molecule has 2 aromatic rings. The van der Waals surface area contributed by atoms with Crippen LogP contribution < -0.4 is 10.1 Å². The van der Waals surface area contributed by atoms with Crippen LogP contribution in [-0.2, 0) is 19.1 Å². The monoisotopic (exact) mass is 609 g/mol. The lowest BCUT2D eigenvalue weighted by molar-refractivity contribution is -0.384. The number of carbonyl (C=O) groups is 2. The van der Waals surface area contributed by atoms with Gasteiger partial charge in [-0.25, -0.2) is 4.79 Å². The molecule has 238 valence electrons. The number of carbonyl (C=O) groups excluding carboxylic acids is 2. The largest absolute Gasteiger partial charge is 0.491 e. The summed E-state index contributed by atoms with van der Waals surface area (Å²) in [4.78, 5) is 41.4.